The van der Waals surface area contributed by atoms with Gasteiger partial charge in [-0.25, -0.2) is 9.37 Å². The lowest BCUT2D eigenvalue weighted by Gasteiger charge is -2.10. The monoisotopic (exact) mass is 456 g/mol. The van der Waals surface area contributed by atoms with Gasteiger partial charge in [0.15, 0.2) is 11.5 Å². The number of anilines is 1. The number of benzene rings is 1. The number of aromatic nitrogens is 6. The fraction of sp³-hybridized carbons (Fsp3) is 0.240. The van der Waals surface area contributed by atoms with Crippen LogP contribution in [0.5, 0.6) is 0 Å². The molecule has 6 rings (SSSR count). The number of fused-ring (bicyclic) bond motifs is 4. The third-order valence-electron chi connectivity index (χ3n) is 5.48. The number of nitrogen functional groups attached to an aromatic ring is 1. The summed E-state index contributed by atoms with van der Waals surface area (Å²) >= 11 is 0. The first-order chi connectivity index (χ1) is 16.6. The van der Waals surface area contributed by atoms with Crippen molar-refractivity contribution in [2.45, 2.75) is 39.5 Å². The van der Waals surface area contributed by atoms with Gasteiger partial charge in [-0.3, -0.25) is 4.98 Å². The van der Waals surface area contributed by atoms with Gasteiger partial charge in [0.2, 0.25) is 5.95 Å². The van der Waals surface area contributed by atoms with E-state index < -0.39 is 5.82 Å². The zero-order chi connectivity index (χ0) is 24.1. The van der Waals surface area contributed by atoms with Gasteiger partial charge in [0.1, 0.15) is 17.4 Å². The van der Waals surface area contributed by atoms with Crippen molar-refractivity contribution in [1.29, 1.82) is 5.26 Å². The Morgan fingerprint density at radius 2 is 1.88 bits per heavy atom. The van der Waals surface area contributed by atoms with Crippen LogP contribution in [0.3, 0.4) is 0 Å². The van der Waals surface area contributed by atoms with E-state index in [1.807, 2.05) is 19.9 Å². The largest absolute Gasteiger partial charge is 0.368 e. The van der Waals surface area contributed by atoms with Gasteiger partial charge in [0.25, 0.3) is 0 Å². The highest BCUT2D eigenvalue weighted by Crippen LogP contribution is 2.28. The number of rotatable bonds is 1. The number of nitrogens with one attached hydrogen (secondary N) is 1. The Bertz CT molecular complexity index is 1480. The van der Waals surface area contributed by atoms with E-state index in [9.17, 15) is 4.39 Å². The van der Waals surface area contributed by atoms with Crippen molar-refractivity contribution in [3.63, 3.8) is 0 Å². The second-order valence-corrected chi connectivity index (χ2v) is 7.54. The molecule has 1 aromatic carbocycles. The summed E-state index contributed by atoms with van der Waals surface area (Å²) in [6.45, 7) is 4.00. The van der Waals surface area contributed by atoms with E-state index in [1.54, 1.807) is 5.56 Å². The number of halogens is 1. The standard InChI is InChI=1S/C12H13N.C11H6FN7.C2H6/c1-3-7-11-9(5-1)10-6-2-4-8-12(10)13-11;12-8-1-6(3-15-5-8)9-17-10-7(2-13)4-16-19(10)11(14)18-9;1-2/h1,3,5,7,13H,2,4,6,8H2;1,3-5H,(H2,14,17,18);1-2H3. The maximum absolute atomic E-state index is 13.1. The second-order valence-electron chi connectivity index (χ2n) is 7.54. The van der Waals surface area contributed by atoms with Gasteiger partial charge >= 0.3 is 0 Å². The molecule has 4 aromatic heterocycles. The Hall–Kier alpha value is -4.32. The number of aromatic amines is 1. The summed E-state index contributed by atoms with van der Waals surface area (Å²) in [5.74, 6) is -0.256. The summed E-state index contributed by atoms with van der Waals surface area (Å²) in [6, 6.07) is 11.8. The van der Waals surface area contributed by atoms with Crippen LogP contribution in [0.2, 0.25) is 0 Å². The zero-order valence-electron chi connectivity index (χ0n) is 19.1. The van der Waals surface area contributed by atoms with Gasteiger partial charge in [0, 0.05) is 28.4 Å². The van der Waals surface area contributed by atoms with Crippen LogP contribution in [0.25, 0.3) is 27.9 Å². The molecule has 0 saturated carbocycles. The number of aryl methyl sites for hydroxylation is 2. The number of nitrogens with zero attached hydrogens (tertiary/aromatic N) is 6. The van der Waals surface area contributed by atoms with E-state index in [0.717, 1.165) is 6.20 Å². The minimum Gasteiger partial charge on any atom is -0.368 e. The third kappa shape index (κ3) is 4.43. The predicted molar refractivity (Wildman–Crippen MR) is 129 cm³/mol. The maximum Gasteiger partial charge on any atom is 0.225 e. The van der Waals surface area contributed by atoms with Crippen LogP contribution >= 0.6 is 0 Å². The second kappa shape index (κ2) is 10.1. The van der Waals surface area contributed by atoms with Gasteiger partial charge in [-0.1, -0.05) is 32.0 Å². The van der Waals surface area contributed by atoms with Crippen LogP contribution in [-0.2, 0) is 12.8 Å². The molecule has 34 heavy (non-hydrogen) atoms. The van der Waals surface area contributed by atoms with Crippen molar-refractivity contribution >= 4 is 22.5 Å². The van der Waals surface area contributed by atoms with E-state index in [4.69, 9.17) is 11.0 Å². The lowest BCUT2D eigenvalue weighted by atomic mass is 9.96. The predicted octanol–water partition coefficient (Wildman–Crippen LogP) is 4.85. The molecule has 0 aliphatic heterocycles. The van der Waals surface area contributed by atoms with Crippen molar-refractivity contribution in [3.05, 3.63) is 71.6 Å². The van der Waals surface area contributed by atoms with Gasteiger partial charge < -0.3 is 10.7 Å². The average molecular weight is 457 g/mol. The summed E-state index contributed by atoms with van der Waals surface area (Å²) in [7, 11) is 0. The molecule has 3 N–H and O–H groups in total. The summed E-state index contributed by atoms with van der Waals surface area (Å²) in [4.78, 5) is 15.4. The fourth-order valence-electron chi connectivity index (χ4n) is 4.00. The van der Waals surface area contributed by atoms with Crippen molar-refractivity contribution in [2.75, 3.05) is 5.73 Å². The van der Waals surface area contributed by atoms with Gasteiger partial charge in [-0.05, 0) is 43.4 Å². The van der Waals surface area contributed by atoms with Crippen molar-refractivity contribution in [1.82, 2.24) is 29.5 Å². The Morgan fingerprint density at radius 3 is 2.68 bits per heavy atom. The number of nitrogens with two attached hydrogens (primary N) is 1. The molecule has 4 heterocycles. The molecule has 9 heteroatoms. The van der Waals surface area contributed by atoms with E-state index >= 15 is 0 Å². The highest BCUT2D eigenvalue weighted by atomic mass is 19.1. The molecule has 0 bridgehead atoms. The lowest BCUT2D eigenvalue weighted by Crippen LogP contribution is -2.05. The van der Waals surface area contributed by atoms with Crippen molar-refractivity contribution in [3.8, 4) is 17.5 Å². The summed E-state index contributed by atoms with van der Waals surface area (Å²) in [5.41, 5.74) is 11.0. The number of hydrogen-bond donors (Lipinski definition) is 2. The molecule has 0 fully saturated rings. The SMILES string of the molecule is CC.N#Cc1cnn2c(N)nc(-c3cncc(F)c3)nc12.c1ccc2c3c([nH]c2c1)CCCC3. The van der Waals surface area contributed by atoms with Crippen LogP contribution in [0.1, 0.15) is 43.5 Å². The van der Waals surface area contributed by atoms with Crippen LogP contribution < -0.4 is 5.73 Å². The van der Waals surface area contributed by atoms with E-state index in [0.29, 0.717) is 5.56 Å². The number of pyridine rings is 1. The summed E-state index contributed by atoms with van der Waals surface area (Å²) in [6.07, 6.45) is 9.04. The van der Waals surface area contributed by atoms with Crippen LogP contribution in [0.15, 0.2) is 48.9 Å². The topological polar surface area (TPSA) is 122 Å². The average Bonchev–Trinajstić information content (AvgIpc) is 3.47. The summed E-state index contributed by atoms with van der Waals surface area (Å²) in [5, 5.41) is 14.3. The number of nitriles is 1. The van der Waals surface area contributed by atoms with Gasteiger partial charge in [-0.15, -0.1) is 0 Å². The van der Waals surface area contributed by atoms with E-state index in [2.05, 4.69) is 49.3 Å². The Kier molecular flexibility index (Phi) is 6.78. The Morgan fingerprint density at radius 1 is 1.09 bits per heavy atom. The highest BCUT2D eigenvalue weighted by molar-refractivity contribution is 5.84. The van der Waals surface area contributed by atoms with Crippen molar-refractivity contribution < 1.29 is 4.39 Å². The zero-order valence-corrected chi connectivity index (χ0v) is 19.1. The first-order valence-corrected chi connectivity index (χ1v) is 11.2. The number of para-hydroxylation sites is 1. The molecule has 0 unspecified atom stereocenters. The molecule has 0 amide bonds. The smallest absolute Gasteiger partial charge is 0.225 e. The van der Waals surface area contributed by atoms with E-state index in [1.165, 1.54) is 65.3 Å². The molecule has 0 atom stereocenters. The highest BCUT2D eigenvalue weighted by Gasteiger charge is 2.14. The minimum absolute atomic E-state index is 0.0609. The number of hydrogen-bond acceptors (Lipinski definition) is 6. The van der Waals surface area contributed by atoms with Crippen molar-refractivity contribution in [2.24, 2.45) is 0 Å². The Balaban J connectivity index is 0.000000159. The quantitative estimate of drug-likeness (QED) is 0.372. The fourth-order valence-corrected chi connectivity index (χ4v) is 4.00. The van der Waals surface area contributed by atoms with Crippen LogP contribution in [0, 0.1) is 17.1 Å². The minimum atomic E-state index is -0.506. The maximum atomic E-state index is 13.1. The molecule has 0 radical (unpaired) electrons. The first kappa shape index (κ1) is 22.9. The Labute approximate surface area is 196 Å². The number of H-pyrrole nitrogens is 1. The normalized spacial score (nSPS) is 12.2. The molecule has 0 spiro atoms. The molecule has 8 nitrogen and oxygen atoms in total. The molecular weight excluding hydrogens is 431 g/mol. The van der Waals surface area contributed by atoms with Gasteiger partial charge in [-0.2, -0.15) is 19.9 Å². The third-order valence-corrected chi connectivity index (χ3v) is 5.48. The van der Waals surface area contributed by atoms with E-state index in [-0.39, 0.29) is 23.0 Å². The molecule has 172 valence electrons. The molecule has 1 aliphatic rings. The molecule has 5 aromatic rings. The molecule has 0 saturated heterocycles. The molecule has 1 aliphatic carbocycles. The van der Waals surface area contributed by atoms with Crippen LogP contribution in [0.4, 0.5) is 10.3 Å². The van der Waals surface area contributed by atoms with Gasteiger partial charge in [0.05, 0.1) is 12.4 Å². The molecular formula is C25H25FN8. The summed E-state index contributed by atoms with van der Waals surface area (Å²) < 4.78 is 14.4. The van der Waals surface area contributed by atoms with Crippen LogP contribution in [-0.4, -0.2) is 29.5 Å². The first-order valence-electron chi connectivity index (χ1n) is 11.2. The lowest BCUT2D eigenvalue weighted by molar-refractivity contribution is 0.622.